The third-order valence-corrected chi connectivity index (χ3v) is 4.66. The van der Waals surface area contributed by atoms with Crippen LogP contribution in [-0.4, -0.2) is 35.1 Å². The molecule has 0 amide bonds. The Labute approximate surface area is 119 Å². The number of aliphatic imine (C=N–C) groups is 1. The molecule has 2 heterocycles. The van der Waals surface area contributed by atoms with Gasteiger partial charge in [-0.15, -0.1) is 0 Å². The Balaban J connectivity index is 1.52. The number of amidine groups is 1. The Morgan fingerprint density at radius 1 is 1.16 bits per heavy atom. The van der Waals surface area contributed by atoms with E-state index in [9.17, 15) is 0 Å². The molecule has 0 radical (unpaired) electrons. The number of piperidine rings is 1. The average Bonchev–Trinajstić information content (AvgIpc) is 2.88. The molecule has 3 rings (SSSR count). The van der Waals surface area contributed by atoms with E-state index in [0.717, 1.165) is 30.4 Å². The van der Waals surface area contributed by atoms with E-state index in [1.54, 1.807) is 0 Å². The van der Waals surface area contributed by atoms with E-state index < -0.39 is 0 Å². The smallest absolute Gasteiger partial charge is 0.171 e. The highest BCUT2D eigenvalue weighted by molar-refractivity contribution is 8.14. The fraction of sp³-hybridized carbons (Fsp3) is 0.533. The third kappa shape index (κ3) is 3.74. The molecule has 1 atom stereocenters. The van der Waals surface area contributed by atoms with Crippen LogP contribution in [-0.2, 0) is 6.42 Å². The topological polar surface area (TPSA) is 27.6 Å². The number of hydrogen-bond donors (Lipinski definition) is 1. The second-order valence-corrected chi connectivity index (χ2v) is 6.26. The van der Waals surface area contributed by atoms with Crippen LogP contribution in [0, 0.1) is 0 Å². The van der Waals surface area contributed by atoms with Crippen molar-refractivity contribution in [3.05, 3.63) is 35.9 Å². The van der Waals surface area contributed by atoms with E-state index in [0.29, 0.717) is 6.04 Å². The van der Waals surface area contributed by atoms with Gasteiger partial charge in [-0.2, -0.15) is 0 Å². The normalized spacial score (nSPS) is 24.2. The van der Waals surface area contributed by atoms with Gasteiger partial charge in [-0.3, -0.25) is 10.4 Å². The first-order valence-electron chi connectivity index (χ1n) is 7.16. The zero-order valence-electron chi connectivity index (χ0n) is 11.2. The van der Waals surface area contributed by atoms with E-state index in [-0.39, 0.29) is 0 Å². The number of hydrogen-bond acceptors (Lipinski definition) is 4. The van der Waals surface area contributed by atoms with Gasteiger partial charge in [-0.05, 0) is 24.8 Å². The molecule has 0 saturated carbocycles. The number of nitrogens with zero attached hydrogens (tertiary/aromatic N) is 2. The maximum atomic E-state index is 4.80. The monoisotopic (exact) mass is 275 g/mol. The summed E-state index contributed by atoms with van der Waals surface area (Å²) < 4.78 is 0. The number of benzene rings is 1. The van der Waals surface area contributed by atoms with Crippen LogP contribution in [0.1, 0.15) is 24.8 Å². The van der Waals surface area contributed by atoms with Crippen molar-refractivity contribution in [3.63, 3.8) is 0 Å². The largest absolute Gasteiger partial charge is 0.298 e. The van der Waals surface area contributed by atoms with Gasteiger partial charge in [0.1, 0.15) is 0 Å². The van der Waals surface area contributed by atoms with Crippen molar-refractivity contribution in [3.8, 4) is 0 Å². The van der Waals surface area contributed by atoms with Crippen LogP contribution in [0.15, 0.2) is 35.3 Å². The Morgan fingerprint density at radius 2 is 1.95 bits per heavy atom. The molecule has 1 saturated heterocycles. The van der Waals surface area contributed by atoms with Crippen LogP contribution in [0.3, 0.4) is 0 Å². The summed E-state index contributed by atoms with van der Waals surface area (Å²) in [5, 5.41) is 3.43. The predicted octanol–water partition coefficient (Wildman–Crippen LogP) is 2.69. The molecule has 1 fully saturated rings. The Bertz CT molecular complexity index is 426. The van der Waals surface area contributed by atoms with Crippen LogP contribution >= 0.6 is 11.8 Å². The molecule has 0 bridgehead atoms. The minimum atomic E-state index is 0.430. The number of nitrogens with one attached hydrogen (secondary N) is 1. The number of hydrazine groups is 1. The van der Waals surface area contributed by atoms with Gasteiger partial charge in [0.2, 0.25) is 0 Å². The zero-order valence-corrected chi connectivity index (χ0v) is 12.0. The van der Waals surface area contributed by atoms with Crippen molar-refractivity contribution in [1.29, 1.82) is 0 Å². The molecule has 1 aromatic rings. The summed E-state index contributed by atoms with van der Waals surface area (Å²) in [5.74, 6) is 1.10. The minimum Gasteiger partial charge on any atom is -0.298 e. The highest BCUT2D eigenvalue weighted by atomic mass is 32.2. The SMILES string of the molecule is c1ccc(CC2CSC(NN3CCCCC3)=N2)cc1. The average molecular weight is 275 g/mol. The second-order valence-electron chi connectivity index (χ2n) is 5.25. The van der Waals surface area contributed by atoms with Crippen LogP contribution in [0.5, 0.6) is 0 Å². The van der Waals surface area contributed by atoms with Gasteiger partial charge in [0, 0.05) is 18.8 Å². The van der Waals surface area contributed by atoms with Gasteiger partial charge in [0.25, 0.3) is 0 Å². The summed E-state index contributed by atoms with van der Waals surface area (Å²) in [5.41, 5.74) is 4.87. The van der Waals surface area contributed by atoms with Crippen LogP contribution in [0.4, 0.5) is 0 Å². The first kappa shape index (κ1) is 13.0. The maximum absolute atomic E-state index is 4.80. The molecule has 19 heavy (non-hydrogen) atoms. The molecule has 0 aliphatic carbocycles. The lowest BCUT2D eigenvalue weighted by Crippen LogP contribution is -2.43. The summed E-state index contributed by atoms with van der Waals surface area (Å²) in [6.07, 6.45) is 5.03. The molecule has 4 heteroatoms. The summed E-state index contributed by atoms with van der Waals surface area (Å²) in [7, 11) is 0. The Morgan fingerprint density at radius 3 is 2.74 bits per heavy atom. The van der Waals surface area contributed by atoms with Gasteiger partial charge in [0.05, 0.1) is 6.04 Å². The van der Waals surface area contributed by atoms with Crippen molar-refractivity contribution in [2.45, 2.75) is 31.7 Å². The fourth-order valence-corrected chi connectivity index (χ4v) is 3.57. The van der Waals surface area contributed by atoms with E-state index in [2.05, 4.69) is 40.8 Å². The first-order valence-corrected chi connectivity index (χ1v) is 8.15. The van der Waals surface area contributed by atoms with Gasteiger partial charge < -0.3 is 0 Å². The number of rotatable bonds is 3. The summed E-state index contributed by atoms with van der Waals surface area (Å²) >= 11 is 1.86. The second kappa shape index (κ2) is 6.44. The molecule has 1 aromatic carbocycles. The minimum absolute atomic E-state index is 0.430. The van der Waals surface area contributed by atoms with Gasteiger partial charge in [0.15, 0.2) is 5.17 Å². The van der Waals surface area contributed by atoms with Crippen LogP contribution in [0.2, 0.25) is 0 Å². The van der Waals surface area contributed by atoms with Gasteiger partial charge in [-0.1, -0.05) is 48.5 Å². The van der Waals surface area contributed by atoms with Crippen LogP contribution < -0.4 is 5.43 Å². The fourth-order valence-electron chi connectivity index (χ4n) is 2.61. The highest BCUT2D eigenvalue weighted by Crippen LogP contribution is 2.20. The standard InChI is InChI=1S/C15H21N3S/c1-3-7-13(8-4-1)11-14-12-19-15(16-14)17-18-9-5-2-6-10-18/h1,3-4,7-8,14H,2,5-6,9-12H2,(H,16,17). The first-order chi connectivity index (χ1) is 9.40. The molecule has 2 aliphatic rings. The molecule has 0 aromatic heterocycles. The zero-order chi connectivity index (χ0) is 12.9. The number of thioether (sulfide) groups is 1. The Hall–Kier alpha value is -1.00. The highest BCUT2D eigenvalue weighted by Gasteiger charge is 2.20. The molecule has 3 nitrogen and oxygen atoms in total. The van der Waals surface area contributed by atoms with E-state index in [1.807, 2.05) is 11.8 Å². The predicted molar refractivity (Wildman–Crippen MR) is 82.4 cm³/mol. The molecular weight excluding hydrogens is 254 g/mol. The maximum Gasteiger partial charge on any atom is 0.171 e. The van der Waals surface area contributed by atoms with E-state index >= 15 is 0 Å². The molecule has 1 N–H and O–H groups in total. The Kier molecular flexibility index (Phi) is 4.41. The summed E-state index contributed by atoms with van der Waals surface area (Å²) in [6.45, 7) is 2.31. The van der Waals surface area contributed by atoms with E-state index in [4.69, 9.17) is 4.99 Å². The van der Waals surface area contributed by atoms with Gasteiger partial charge in [-0.25, -0.2) is 5.01 Å². The molecule has 102 valence electrons. The van der Waals surface area contributed by atoms with Crippen molar-refractivity contribution in [2.24, 2.45) is 4.99 Å². The summed E-state index contributed by atoms with van der Waals surface area (Å²) in [4.78, 5) is 4.80. The molecule has 1 unspecified atom stereocenters. The summed E-state index contributed by atoms with van der Waals surface area (Å²) in [6, 6.07) is 11.1. The lowest BCUT2D eigenvalue weighted by molar-refractivity contribution is 0.196. The molecule has 0 spiro atoms. The molecular formula is C15H21N3S. The van der Waals surface area contributed by atoms with Crippen molar-refractivity contribution in [1.82, 2.24) is 10.4 Å². The third-order valence-electron chi connectivity index (χ3n) is 3.64. The van der Waals surface area contributed by atoms with E-state index in [1.165, 1.54) is 24.8 Å². The molecule has 2 aliphatic heterocycles. The van der Waals surface area contributed by atoms with Crippen molar-refractivity contribution in [2.75, 3.05) is 18.8 Å². The van der Waals surface area contributed by atoms with Crippen LogP contribution in [0.25, 0.3) is 0 Å². The quantitative estimate of drug-likeness (QED) is 0.919. The lowest BCUT2D eigenvalue weighted by atomic mass is 10.1. The van der Waals surface area contributed by atoms with Crippen molar-refractivity contribution >= 4 is 16.9 Å². The van der Waals surface area contributed by atoms with Gasteiger partial charge >= 0.3 is 0 Å². The van der Waals surface area contributed by atoms with Crippen molar-refractivity contribution < 1.29 is 0 Å². The lowest BCUT2D eigenvalue weighted by Gasteiger charge is -2.27.